The van der Waals surface area contributed by atoms with Crippen LogP contribution in [0.2, 0.25) is 0 Å². The van der Waals surface area contributed by atoms with Gasteiger partial charge in [-0.05, 0) is 18.9 Å². The monoisotopic (exact) mass is 268 g/mol. The van der Waals surface area contributed by atoms with Crippen molar-refractivity contribution < 1.29 is 9.90 Å². The van der Waals surface area contributed by atoms with E-state index in [2.05, 4.69) is 0 Å². The summed E-state index contributed by atoms with van der Waals surface area (Å²) < 4.78 is 0. The summed E-state index contributed by atoms with van der Waals surface area (Å²) in [7, 11) is 0. The van der Waals surface area contributed by atoms with Gasteiger partial charge in [-0.1, -0.05) is 67.1 Å². The van der Waals surface area contributed by atoms with E-state index >= 15 is 0 Å². The SMILES string of the molecule is CCC(O)(CC(=O)c1ccc(C)cc1)c1ccccc1. The van der Waals surface area contributed by atoms with Gasteiger partial charge < -0.3 is 5.11 Å². The number of rotatable bonds is 5. The summed E-state index contributed by atoms with van der Waals surface area (Å²) in [5.74, 6) is -0.0294. The smallest absolute Gasteiger partial charge is 0.166 e. The fourth-order valence-electron chi connectivity index (χ4n) is 2.29. The molecular weight excluding hydrogens is 248 g/mol. The minimum absolute atomic E-state index is 0.0294. The summed E-state index contributed by atoms with van der Waals surface area (Å²) in [6.45, 7) is 3.88. The Morgan fingerprint density at radius 3 is 2.20 bits per heavy atom. The van der Waals surface area contributed by atoms with Crippen molar-refractivity contribution in [1.82, 2.24) is 0 Å². The highest BCUT2D eigenvalue weighted by molar-refractivity contribution is 5.96. The second kappa shape index (κ2) is 6.02. The molecular formula is C18H20O2. The fraction of sp³-hybridized carbons (Fsp3) is 0.278. The summed E-state index contributed by atoms with van der Waals surface area (Å²) in [5, 5.41) is 10.8. The lowest BCUT2D eigenvalue weighted by Crippen LogP contribution is -2.28. The Kier molecular flexibility index (Phi) is 4.35. The van der Waals surface area contributed by atoms with Crippen LogP contribution in [-0.4, -0.2) is 10.9 Å². The predicted molar refractivity (Wildman–Crippen MR) is 80.8 cm³/mol. The van der Waals surface area contributed by atoms with E-state index in [4.69, 9.17) is 0 Å². The molecule has 0 aliphatic heterocycles. The van der Waals surface area contributed by atoms with Crippen LogP contribution in [0.3, 0.4) is 0 Å². The van der Waals surface area contributed by atoms with Crippen LogP contribution < -0.4 is 0 Å². The maximum Gasteiger partial charge on any atom is 0.166 e. The largest absolute Gasteiger partial charge is 0.385 e. The van der Waals surface area contributed by atoms with E-state index in [9.17, 15) is 9.90 Å². The Morgan fingerprint density at radius 2 is 1.65 bits per heavy atom. The first-order chi connectivity index (χ1) is 9.55. The van der Waals surface area contributed by atoms with Gasteiger partial charge in [-0.25, -0.2) is 0 Å². The first-order valence-electron chi connectivity index (χ1n) is 6.93. The number of hydrogen-bond acceptors (Lipinski definition) is 2. The molecule has 2 aromatic rings. The zero-order chi connectivity index (χ0) is 14.6. The van der Waals surface area contributed by atoms with E-state index < -0.39 is 5.60 Å². The predicted octanol–water partition coefficient (Wildman–Crippen LogP) is 3.87. The average molecular weight is 268 g/mol. The summed E-state index contributed by atoms with van der Waals surface area (Å²) in [6.07, 6.45) is 0.616. The molecule has 2 nitrogen and oxygen atoms in total. The van der Waals surface area contributed by atoms with Gasteiger partial charge in [-0.15, -0.1) is 0 Å². The Bertz CT molecular complexity index is 572. The molecule has 20 heavy (non-hydrogen) atoms. The second-order valence-electron chi connectivity index (χ2n) is 5.22. The van der Waals surface area contributed by atoms with Gasteiger partial charge in [0.25, 0.3) is 0 Å². The lowest BCUT2D eigenvalue weighted by atomic mass is 9.85. The number of carbonyl (C=O) groups is 1. The number of carbonyl (C=O) groups excluding carboxylic acids is 1. The lowest BCUT2D eigenvalue weighted by molar-refractivity contribution is 0.0240. The van der Waals surface area contributed by atoms with Crippen molar-refractivity contribution in [3.8, 4) is 0 Å². The van der Waals surface area contributed by atoms with E-state index in [1.54, 1.807) is 0 Å². The molecule has 0 aliphatic carbocycles. The van der Waals surface area contributed by atoms with Gasteiger partial charge in [-0.3, -0.25) is 4.79 Å². The lowest BCUT2D eigenvalue weighted by Gasteiger charge is -2.26. The molecule has 0 heterocycles. The number of aryl methyl sites for hydroxylation is 1. The van der Waals surface area contributed by atoms with Crippen molar-refractivity contribution >= 4 is 5.78 Å². The van der Waals surface area contributed by atoms with Crippen LogP contribution in [0.1, 0.15) is 41.3 Å². The molecule has 0 saturated carbocycles. The highest BCUT2D eigenvalue weighted by Gasteiger charge is 2.30. The summed E-state index contributed by atoms with van der Waals surface area (Å²) >= 11 is 0. The summed E-state index contributed by atoms with van der Waals surface area (Å²) in [4.78, 5) is 12.3. The molecule has 0 fully saturated rings. The van der Waals surface area contributed by atoms with Crippen LogP contribution in [-0.2, 0) is 5.60 Å². The van der Waals surface area contributed by atoms with Crippen LogP contribution in [0, 0.1) is 6.92 Å². The van der Waals surface area contributed by atoms with E-state index in [1.165, 1.54) is 0 Å². The van der Waals surface area contributed by atoms with Crippen molar-refractivity contribution in [2.24, 2.45) is 0 Å². The van der Waals surface area contributed by atoms with Crippen LogP contribution in [0.25, 0.3) is 0 Å². The third-order valence-electron chi connectivity index (χ3n) is 3.72. The number of Topliss-reactive ketones (excluding diaryl/α,β-unsaturated/α-hetero) is 1. The maximum atomic E-state index is 12.3. The zero-order valence-electron chi connectivity index (χ0n) is 12.0. The number of ketones is 1. The average Bonchev–Trinajstić information content (AvgIpc) is 2.48. The molecule has 0 aromatic heterocycles. The Morgan fingerprint density at radius 1 is 1.05 bits per heavy atom. The Hall–Kier alpha value is -1.93. The second-order valence-corrected chi connectivity index (χ2v) is 5.22. The number of hydrogen-bond donors (Lipinski definition) is 1. The molecule has 104 valence electrons. The molecule has 2 rings (SSSR count). The summed E-state index contributed by atoms with van der Waals surface area (Å²) in [5.41, 5.74) is 1.47. The molecule has 0 amide bonds. The molecule has 2 heteroatoms. The molecule has 1 N–H and O–H groups in total. The van der Waals surface area contributed by atoms with E-state index in [0.717, 1.165) is 11.1 Å². The van der Waals surface area contributed by atoms with Gasteiger partial charge in [0, 0.05) is 12.0 Å². The van der Waals surface area contributed by atoms with E-state index in [1.807, 2.05) is 68.4 Å². The normalized spacial score (nSPS) is 13.8. The maximum absolute atomic E-state index is 12.3. The molecule has 0 bridgehead atoms. The topological polar surface area (TPSA) is 37.3 Å². The molecule has 2 aromatic carbocycles. The molecule has 0 spiro atoms. The third-order valence-corrected chi connectivity index (χ3v) is 3.72. The first kappa shape index (κ1) is 14.5. The van der Waals surface area contributed by atoms with E-state index in [-0.39, 0.29) is 12.2 Å². The summed E-state index contributed by atoms with van der Waals surface area (Å²) in [6, 6.07) is 16.9. The highest BCUT2D eigenvalue weighted by Crippen LogP contribution is 2.30. The van der Waals surface area contributed by atoms with Crippen molar-refractivity contribution in [2.45, 2.75) is 32.3 Å². The Labute approximate surface area is 120 Å². The first-order valence-corrected chi connectivity index (χ1v) is 6.93. The van der Waals surface area contributed by atoms with Crippen molar-refractivity contribution in [2.75, 3.05) is 0 Å². The van der Waals surface area contributed by atoms with Crippen molar-refractivity contribution in [3.05, 3.63) is 71.3 Å². The van der Waals surface area contributed by atoms with E-state index in [0.29, 0.717) is 12.0 Å². The van der Waals surface area contributed by atoms with Crippen molar-refractivity contribution in [1.29, 1.82) is 0 Å². The fourth-order valence-corrected chi connectivity index (χ4v) is 2.29. The van der Waals surface area contributed by atoms with Gasteiger partial charge in [-0.2, -0.15) is 0 Å². The van der Waals surface area contributed by atoms with Crippen molar-refractivity contribution in [3.63, 3.8) is 0 Å². The van der Waals surface area contributed by atoms with Gasteiger partial charge in [0.1, 0.15) is 0 Å². The highest BCUT2D eigenvalue weighted by atomic mass is 16.3. The van der Waals surface area contributed by atoms with Gasteiger partial charge >= 0.3 is 0 Å². The number of aliphatic hydroxyl groups is 1. The van der Waals surface area contributed by atoms with Crippen LogP contribution >= 0.6 is 0 Å². The Balaban J connectivity index is 2.22. The van der Waals surface area contributed by atoms with Gasteiger partial charge in [0.05, 0.1) is 5.60 Å². The third kappa shape index (κ3) is 3.14. The van der Waals surface area contributed by atoms with Gasteiger partial charge in [0.15, 0.2) is 5.78 Å². The molecule has 1 atom stereocenters. The van der Waals surface area contributed by atoms with Crippen LogP contribution in [0.4, 0.5) is 0 Å². The molecule has 1 unspecified atom stereocenters. The quantitative estimate of drug-likeness (QED) is 0.836. The zero-order valence-corrected chi connectivity index (χ0v) is 12.0. The number of benzene rings is 2. The van der Waals surface area contributed by atoms with Gasteiger partial charge in [0.2, 0.25) is 0 Å². The molecule has 0 saturated heterocycles. The molecule has 0 radical (unpaired) electrons. The van der Waals surface area contributed by atoms with Crippen LogP contribution in [0.15, 0.2) is 54.6 Å². The minimum atomic E-state index is -1.09. The molecule has 0 aliphatic rings. The minimum Gasteiger partial charge on any atom is -0.385 e. The standard InChI is InChI=1S/C18H20O2/c1-3-18(20,16-7-5-4-6-8-16)13-17(19)15-11-9-14(2)10-12-15/h4-12,20H,3,13H2,1-2H3. The van der Waals surface area contributed by atoms with Crippen LogP contribution in [0.5, 0.6) is 0 Å².